The molecule has 1 aromatic carbocycles. The van der Waals surface area contributed by atoms with E-state index in [1.165, 1.54) is 4.90 Å². The summed E-state index contributed by atoms with van der Waals surface area (Å²) in [7, 11) is 1.79. The molecule has 3 amide bonds. The number of aryl methyl sites for hydroxylation is 1. The Bertz CT molecular complexity index is 870. The van der Waals surface area contributed by atoms with Crippen molar-refractivity contribution in [2.75, 3.05) is 23.7 Å². The highest BCUT2D eigenvalue weighted by atomic mass is 79.9. The molecule has 0 bridgehead atoms. The Morgan fingerprint density at radius 3 is 2.41 bits per heavy atom. The highest BCUT2D eigenvalue weighted by Crippen LogP contribution is 2.24. The molecule has 0 fully saturated rings. The van der Waals surface area contributed by atoms with Crippen LogP contribution in [0.4, 0.5) is 16.3 Å². The van der Waals surface area contributed by atoms with Crippen LogP contribution in [0.3, 0.4) is 0 Å². The number of amides is 3. The van der Waals surface area contributed by atoms with Crippen LogP contribution in [-0.4, -0.2) is 39.7 Å². The van der Waals surface area contributed by atoms with E-state index in [0.29, 0.717) is 18.1 Å². The number of carbonyl (C=O) groups is 2. The summed E-state index contributed by atoms with van der Waals surface area (Å²) in [6.45, 7) is 10.6. The summed E-state index contributed by atoms with van der Waals surface area (Å²) in [5.74, 6) is 0.559. The summed E-state index contributed by atoms with van der Waals surface area (Å²) >= 11 is 3.42. The van der Waals surface area contributed by atoms with Crippen LogP contribution in [0.5, 0.6) is 0 Å². The number of urea groups is 1. The fourth-order valence-corrected chi connectivity index (χ4v) is 3.11. The van der Waals surface area contributed by atoms with E-state index in [1.54, 1.807) is 17.8 Å². The molecule has 0 atom stereocenters. The Kier molecular flexibility index (Phi) is 7.46. The molecule has 0 spiro atoms. The van der Waals surface area contributed by atoms with Gasteiger partial charge in [-0.1, -0.05) is 46.8 Å². The minimum absolute atomic E-state index is 0.0511. The largest absolute Gasteiger partial charge is 0.322 e. The quantitative estimate of drug-likeness (QED) is 0.656. The second-order valence-electron chi connectivity index (χ2n) is 8.52. The highest BCUT2D eigenvalue weighted by Gasteiger charge is 2.22. The summed E-state index contributed by atoms with van der Waals surface area (Å²) in [6.07, 6.45) is 0. The molecule has 0 unspecified atom stereocenters. The Morgan fingerprint density at radius 2 is 1.86 bits per heavy atom. The van der Waals surface area contributed by atoms with Gasteiger partial charge in [0.2, 0.25) is 5.91 Å². The van der Waals surface area contributed by atoms with E-state index in [1.807, 2.05) is 38.1 Å². The van der Waals surface area contributed by atoms with Crippen LogP contribution in [0.1, 0.15) is 40.3 Å². The van der Waals surface area contributed by atoms with Crippen molar-refractivity contribution in [2.24, 2.45) is 13.0 Å². The van der Waals surface area contributed by atoms with Crippen molar-refractivity contribution in [1.29, 1.82) is 0 Å². The lowest BCUT2D eigenvalue weighted by molar-refractivity contribution is -0.116. The first-order chi connectivity index (χ1) is 13.5. The van der Waals surface area contributed by atoms with Gasteiger partial charge in [-0.15, -0.1) is 0 Å². The van der Waals surface area contributed by atoms with Crippen molar-refractivity contribution in [3.05, 3.63) is 40.5 Å². The van der Waals surface area contributed by atoms with E-state index in [4.69, 9.17) is 0 Å². The third-order valence-corrected chi connectivity index (χ3v) is 4.93. The Hall–Kier alpha value is -2.35. The van der Waals surface area contributed by atoms with E-state index < -0.39 is 0 Å². The lowest BCUT2D eigenvalue weighted by atomic mass is 9.92. The number of hydrogen-bond donors (Lipinski definition) is 2. The number of nitrogens with one attached hydrogen (secondary N) is 2. The van der Waals surface area contributed by atoms with Crippen LogP contribution in [0, 0.1) is 5.92 Å². The number of rotatable bonds is 6. The monoisotopic (exact) mass is 463 g/mol. The van der Waals surface area contributed by atoms with Gasteiger partial charge in [-0.3, -0.25) is 9.48 Å². The van der Waals surface area contributed by atoms with Gasteiger partial charge < -0.3 is 15.5 Å². The Labute approximate surface area is 181 Å². The molecule has 0 saturated heterocycles. The number of nitrogens with zero attached hydrogens (tertiary/aromatic N) is 3. The second-order valence-corrected chi connectivity index (χ2v) is 9.38. The van der Waals surface area contributed by atoms with Gasteiger partial charge >= 0.3 is 6.03 Å². The number of benzene rings is 1. The van der Waals surface area contributed by atoms with Crippen molar-refractivity contribution in [3.8, 4) is 0 Å². The smallest absolute Gasteiger partial charge is 0.315 e. The van der Waals surface area contributed by atoms with Crippen LogP contribution >= 0.6 is 15.9 Å². The molecule has 158 valence electrons. The summed E-state index contributed by atoms with van der Waals surface area (Å²) in [6, 6.07) is 8.92. The van der Waals surface area contributed by atoms with Gasteiger partial charge in [0.1, 0.15) is 12.4 Å². The normalized spacial score (nSPS) is 11.4. The first-order valence-electron chi connectivity index (χ1n) is 9.62. The fraction of sp³-hybridized carbons (Fsp3) is 0.476. The van der Waals surface area contributed by atoms with Gasteiger partial charge in [0.25, 0.3) is 0 Å². The SMILES string of the molecule is CC(C)CN(CC(=O)Nc1cc(C(C)(C)C)nn1C)C(=O)Nc1ccccc1Br. The summed E-state index contributed by atoms with van der Waals surface area (Å²) in [4.78, 5) is 27.0. The lowest BCUT2D eigenvalue weighted by Crippen LogP contribution is -2.42. The molecule has 1 aromatic heterocycles. The molecule has 0 saturated carbocycles. The van der Waals surface area contributed by atoms with E-state index >= 15 is 0 Å². The van der Waals surface area contributed by atoms with Gasteiger partial charge in [0.15, 0.2) is 0 Å². The predicted molar refractivity (Wildman–Crippen MR) is 120 cm³/mol. The number of anilines is 2. The van der Waals surface area contributed by atoms with Gasteiger partial charge in [0, 0.05) is 29.5 Å². The third-order valence-electron chi connectivity index (χ3n) is 4.24. The van der Waals surface area contributed by atoms with Crippen molar-refractivity contribution in [1.82, 2.24) is 14.7 Å². The zero-order valence-electron chi connectivity index (χ0n) is 17.9. The van der Waals surface area contributed by atoms with Crippen LogP contribution in [0.25, 0.3) is 0 Å². The van der Waals surface area contributed by atoms with Crippen molar-refractivity contribution in [2.45, 2.75) is 40.0 Å². The zero-order valence-corrected chi connectivity index (χ0v) is 19.5. The fourth-order valence-electron chi connectivity index (χ4n) is 2.72. The molecule has 2 aromatic rings. The summed E-state index contributed by atoms with van der Waals surface area (Å²) < 4.78 is 2.43. The Morgan fingerprint density at radius 1 is 1.21 bits per heavy atom. The molecule has 0 aliphatic carbocycles. The van der Waals surface area contributed by atoms with Crippen LogP contribution in [0.2, 0.25) is 0 Å². The first kappa shape index (κ1) is 22.9. The molecule has 2 N–H and O–H groups in total. The molecule has 7 nitrogen and oxygen atoms in total. The minimum atomic E-state index is -0.318. The zero-order chi connectivity index (χ0) is 21.8. The molecule has 8 heteroatoms. The van der Waals surface area contributed by atoms with Crippen molar-refractivity contribution >= 4 is 39.4 Å². The van der Waals surface area contributed by atoms with E-state index in [-0.39, 0.29) is 29.8 Å². The first-order valence-corrected chi connectivity index (χ1v) is 10.4. The van der Waals surface area contributed by atoms with Crippen molar-refractivity contribution in [3.63, 3.8) is 0 Å². The average Bonchev–Trinajstić information content (AvgIpc) is 2.97. The van der Waals surface area contributed by atoms with Crippen molar-refractivity contribution < 1.29 is 9.59 Å². The third kappa shape index (κ3) is 6.59. The highest BCUT2D eigenvalue weighted by molar-refractivity contribution is 9.10. The predicted octanol–water partition coefficient (Wildman–Crippen LogP) is 4.61. The van der Waals surface area contributed by atoms with Crippen LogP contribution in [-0.2, 0) is 17.3 Å². The number of carbonyl (C=O) groups excluding carboxylic acids is 2. The van der Waals surface area contributed by atoms with Crippen LogP contribution < -0.4 is 10.6 Å². The molecule has 0 aliphatic rings. The molecular weight excluding hydrogens is 434 g/mol. The maximum atomic E-state index is 12.8. The van der Waals surface area contributed by atoms with Crippen LogP contribution in [0.15, 0.2) is 34.8 Å². The second kappa shape index (κ2) is 9.43. The minimum Gasteiger partial charge on any atom is -0.315 e. The number of para-hydroxylation sites is 1. The molecule has 0 radical (unpaired) electrons. The van der Waals surface area contributed by atoms with Gasteiger partial charge in [-0.2, -0.15) is 5.10 Å². The Balaban J connectivity index is 2.09. The molecule has 0 aliphatic heterocycles. The molecule has 2 rings (SSSR count). The van der Waals surface area contributed by atoms with E-state index in [9.17, 15) is 9.59 Å². The standard InChI is InChI=1S/C21H30BrN5O2/c1-14(2)12-27(20(29)23-16-10-8-7-9-15(16)22)13-19(28)24-18-11-17(21(3,4)5)25-26(18)6/h7-11,14H,12-13H2,1-6H3,(H,23,29)(H,24,28). The summed E-state index contributed by atoms with van der Waals surface area (Å²) in [5.41, 5.74) is 1.43. The summed E-state index contributed by atoms with van der Waals surface area (Å²) in [5, 5.41) is 10.2. The lowest BCUT2D eigenvalue weighted by Gasteiger charge is -2.24. The van der Waals surface area contributed by atoms with E-state index in [2.05, 4.69) is 52.4 Å². The van der Waals surface area contributed by atoms with Gasteiger partial charge in [-0.05, 0) is 34.0 Å². The van der Waals surface area contributed by atoms with Gasteiger partial charge in [-0.25, -0.2) is 4.79 Å². The number of hydrogen-bond acceptors (Lipinski definition) is 3. The van der Waals surface area contributed by atoms with Gasteiger partial charge in [0.05, 0.1) is 11.4 Å². The van der Waals surface area contributed by atoms with E-state index in [0.717, 1.165) is 10.2 Å². The average molecular weight is 464 g/mol. The number of halogens is 1. The molecule has 1 heterocycles. The number of aromatic nitrogens is 2. The molecular formula is C21H30BrN5O2. The maximum Gasteiger partial charge on any atom is 0.322 e. The topological polar surface area (TPSA) is 79.3 Å². The molecule has 29 heavy (non-hydrogen) atoms. The maximum absolute atomic E-state index is 12.8.